The van der Waals surface area contributed by atoms with Crippen LogP contribution in [0, 0.1) is 24.6 Å². The van der Waals surface area contributed by atoms with Crippen molar-refractivity contribution >= 4 is 10.8 Å². The highest BCUT2D eigenvalue weighted by molar-refractivity contribution is 5.91. The first-order valence-electron chi connectivity index (χ1n) is 11.3. The highest BCUT2D eigenvalue weighted by atomic mass is 19.1. The van der Waals surface area contributed by atoms with Gasteiger partial charge in [-0.3, -0.25) is 4.90 Å². The van der Waals surface area contributed by atoms with E-state index in [0.29, 0.717) is 11.8 Å². The van der Waals surface area contributed by atoms with Crippen molar-refractivity contribution in [2.24, 2.45) is 11.8 Å². The van der Waals surface area contributed by atoms with Crippen molar-refractivity contribution in [3.8, 4) is 5.88 Å². The fourth-order valence-electron chi connectivity index (χ4n) is 5.08. The van der Waals surface area contributed by atoms with Crippen LogP contribution < -0.4 is 0 Å². The van der Waals surface area contributed by atoms with Crippen LogP contribution in [0.3, 0.4) is 0 Å². The van der Waals surface area contributed by atoms with Gasteiger partial charge in [-0.15, -0.1) is 0 Å². The molecule has 3 nitrogen and oxygen atoms in total. The number of nitrogens with zero attached hydrogens (tertiary/aromatic N) is 2. The number of fused-ring (bicyclic) bond motifs is 1. The van der Waals surface area contributed by atoms with Crippen LogP contribution in [0.1, 0.15) is 42.4 Å². The minimum Gasteiger partial charge on any atom is -0.494 e. The van der Waals surface area contributed by atoms with Crippen molar-refractivity contribution in [3.63, 3.8) is 0 Å². The fraction of sp³-hybridized carbons (Fsp3) is 0.462. The molecule has 1 N–H and O–H groups in total. The highest BCUT2D eigenvalue weighted by Crippen LogP contribution is 2.37. The zero-order valence-electron chi connectivity index (χ0n) is 17.8. The number of benzene rings is 2. The predicted octanol–water partition coefficient (Wildman–Crippen LogP) is 5.66. The Hall–Kier alpha value is -2.33. The number of aromatic hydroxyl groups is 1. The molecule has 2 aliphatic rings. The second kappa shape index (κ2) is 8.07. The molecule has 2 aromatic carbocycles. The number of aromatic nitrogens is 1. The molecule has 1 saturated heterocycles. The van der Waals surface area contributed by atoms with Gasteiger partial charge in [0.05, 0.1) is 0 Å². The number of aryl methyl sites for hydroxylation is 1. The maximum atomic E-state index is 13.4. The molecule has 0 spiro atoms. The monoisotopic (exact) mass is 406 g/mol. The van der Waals surface area contributed by atoms with Crippen LogP contribution in [-0.4, -0.2) is 27.7 Å². The Balaban J connectivity index is 1.23. The topological polar surface area (TPSA) is 28.4 Å². The summed E-state index contributed by atoms with van der Waals surface area (Å²) in [6, 6.07) is 11.5. The lowest BCUT2D eigenvalue weighted by atomic mass is 9.89. The van der Waals surface area contributed by atoms with Gasteiger partial charge in [-0.2, -0.15) is 0 Å². The van der Waals surface area contributed by atoms with Crippen LogP contribution in [-0.2, 0) is 19.5 Å². The van der Waals surface area contributed by atoms with E-state index in [1.165, 1.54) is 48.3 Å². The van der Waals surface area contributed by atoms with Gasteiger partial charge in [0.2, 0.25) is 0 Å². The molecule has 2 fully saturated rings. The number of hydrogen-bond acceptors (Lipinski definition) is 2. The van der Waals surface area contributed by atoms with Crippen LogP contribution >= 0.6 is 0 Å². The second-order valence-electron chi connectivity index (χ2n) is 9.48. The Morgan fingerprint density at radius 3 is 2.53 bits per heavy atom. The fourth-order valence-corrected chi connectivity index (χ4v) is 5.08. The minimum absolute atomic E-state index is 0.148. The van der Waals surface area contributed by atoms with Crippen LogP contribution in [0.25, 0.3) is 10.8 Å². The number of hydrogen-bond donors (Lipinski definition) is 1. The molecule has 1 saturated carbocycles. The van der Waals surface area contributed by atoms with E-state index >= 15 is 0 Å². The van der Waals surface area contributed by atoms with E-state index < -0.39 is 0 Å². The predicted molar refractivity (Wildman–Crippen MR) is 119 cm³/mol. The molecule has 0 bridgehead atoms. The van der Waals surface area contributed by atoms with Gasteiger partial charge in [0.1, 0.15) is 5.82 Å². The molecule has 0 unspecified atom stereocenters. The van der Waals surface area contributed by atoms with Crippen molar-refractivity contribution in [3.05, 3.63) is 65.1 Å². The largest absolute Gasteiger partial charge is 0.494 e. The normalized spacial score (nSPS) is 18.3. The summed E-state index contributed by atoms with van der Waals surface area (Å²) >= 11 is 0. The standard InChI is InChI=1S/C26H31FN2O/c1-18-11-22(13-23-17-29(16-20-5-6-20)26(30)25(18)23)12-19-7-9-28(10-8-19)15-21-3-2-4-24(27)14-21/h2-4,11,13-14,17,19-20,30H,5-10,12,15-16H2,1H3. The Morgan fingerprint density at radius 2 is 1.80 bits per heavy atom. The van der Waals surface area contributed by atoms with Crippen LogP contribution in [0.5, 0.6) is 5.88 Å². The first-order chi connectivity index (χ1) is 14.5. The summed E-state index contributed by atoms with van der Waals surface area (Å²) in [6.45, 7) is 6.04. The second-order valence-corrected chi connectivity index (χ2v) is 9.48. The van der Waals surface area contributed by atoms with Gasteiger partial charge in [-0.1, -0.05) is 18.2 Å². The lowest BCUT2D eigenvalue weighted by molar-refractivity contribution is 0.177. The lowest BCUT2D eigenvalue weighted by Crippen LogP contribution is -2.33. The Kier molecular flexibility index (Phi) is 5.28. The maximum Gasteiger partial charge on any atom is 0.199 e. The van der Waals surface area contributed by atoms with Gasteiger partial charge in [-0.25, -0.2) is 4.39 Å². The molecule has 5 rings (SSSR count). The SMILES string of the molecule is Cc1cc(CC2CCN(Cc3cccc(F)c3)CC2)cc2cn(CC3CC3)c(O)c12. The number of halogens is 1. The van der Waals surface area contributed by atoms with E-state index in [9.17, 15) is 9.50 Å². The third-order valence-corrected chi connectivity index (χ3v) is 6.89. The van der Waals surface area contributed by atoms with E-state index in [1.807, 2.05) is 10.6 Å². The smallest absolute Gasteiger partial charge is 0.199 e. The molecule has 1 aliphatic carbocycles. The molecule has 2 heterocycles. The first kappa shape index (κ1) is 19.6. The molecule has 1 aliphatic heterocycles. The Labute approximate surface area is 178 Å². The van der Waals surface area contributed by atoms with Crippen molar-refractivity contribution in [2.75, 3.05) is 13.1 Å². The molecular weight excluding hydrogens is 375 g/mol. The Morgan fingerprint density at radius 1 is 1.00 bits per heavy atom. The number of piperidine rings is 1. The molecule has 3 aromatic rings. The van der Waals surface area contributed by atoms with Gasteiger partial charge in [0.25, 0.3) is 0 Å². The van der Waals surface area contributed by atoms with E-state index in [1.54, 1.807) is 12.1 Å². The third kappa shape index (κ3) is 4.24. The first-order valence-corrected chi connectivity index (χ1v) is 11.3. The molecule has 0 radical (unpaired) electrons. The summed E-state index contributed by atoms with van der Waals surface area (Å²) in [4.78, 5) is 2.44. The number of rotatable bonds is 6. The highest BCUT2D eigenvalue weighted by Gasteiger charge is 2.24. The zero-order valence-corrected chi connectivity index (χ0v) is 17.8. The van der Waals surface area contributed by atoms with Crippen molar-refractivity contribution in [1.29, 1.82) is 0 Å². The molecule has 30 heavy (non-hydrogen) atoms. The third-order valence-electron chi connectivity index (χ3n) is 6.89. The average Bonchev–Trinajstić information content (AvgIpc) is 3.47. The van der Waals surface area contributed by atoms with Crippen molar-refractivity contribution < 1.29 is 9.50 Å². The van der Waals surface area contributed by atoms with Crippen LogP contribution in [0.4, 0.5) is 4.39 Å². The van der Waals surface area contributed by atoms with Gasteiger partial charge >= 0.3 is 0 Å². The summed E-state index contributed by atoms with van der Waals surface area (Å²) in [6.07, 6.45) is 8.17. The molecule has 0 amide bonds. The molecular formula is C26H31FN2O. The van der Waals surface area contributed by atoms with E-state index in [-0.39, 0.29) is 5.82 Å². The molecule has 4 heteroatoms. The van der Waals surface area contributed by atoms with Gasteiger partial charge in [-0.05, 0) is 98.8 Å². The molecule has 158 valence electrons. The van der Waals surface area contributed by atoms with E-state index in [4.69, 9.17) is 0 Å². The van der Waals surface area contributed by atoms with Crippen LogP contribution in [0.15, 0.2) is 42.6 Å². The summed E-state index contributed by atoms with van der Waals surface area (Å²) in [5, 5.41) is 12.9. The lowest BCUT2D eigenvalue weighted by Gasteiger charge is -2.32. The Bertz CT molecular complexity index is 1040. The van der Waals surface area contributed by atoms with Gasteiger partial charge < -0.3 is 9.67 Å². The van der Waals surface area contributed by atoms with Crippen molar-refractivity contribution in [2.45, 2.75) is 52.1 Å². The molecule has 0 atom stereocenters. The van der Waals surface area contributed by atoms with Crippen molar-refractivity contribution in [1.82, 2.24) is 9.47 Å². The van der Waals surface area contributed by atoms with E-state index in [0.717, 1.165) is 49.5 Å². The number of likely N-dealkylation sites (tertiary alicyclic amines) is 1. The maximum absolute atomic E-state index is 13.4. The van der Waals surface area contributed by atoms with E-state index in [2.05, 4.69) is 30.2 Å². The van der Waals surface area contributed by atoms with Crippen LogP contribution in [0.2, 0.25) is 0 Å². The summed E-state index contributed by atoms with van der Waals surface area (Å²) in [7, 11) is 0. The molecule has 1 aromatic heterocycles. The minimum atomic E-state index is -0.148. The quantitative estimate of drug-likeness (QED) is 0.572. The van der Waals surface area contributed by atoms with Gasteiger partial charge in [0.15, 0.2) is 5.88 Å². The zero-order chi connectivity index (χ0) is 20.7. The summed E-state index contributed by atoms with van der Waals surface area (Å²) < 4.78 is 15.5. The summed E-state index contributed by atoms with van der Waals surface area (Å²) in [5.41, 5.74) is 3.62. The van der Waals surface area contributed by atoms with Gasteiger partial charge in [0, 0.05) is 30.1 Å². The average molecular weight is 407 g/mol. The summed E-state index contributed by atoms with van der Waals surface area (Å²) in [5.74, 6) is 1.72.